The van der Waals surface area contributed by atoms with Crippen molar-refractivity contribution in [3.8, 4) is 0 Å². The van der Waals surface area contributed by atoms with Crippen LogP contribution in [0.5, 0.6) is 0 Å². The number of benzene rings is 1. The van der Waals surface area contributed by atoms with Gasteiger partial charge in [-0.15, -0.1) is 12.4 Å². The monoisotopic (exact) mass is 257 g/mol. The number of carbonyl (C=O) groups excluding carboxylic acids is 1. The quantitative estimate of drug-likeness (QED) is 0.709. The Kier molecular flexibility index (Phi) is 8.19. The van der Waals surface area contributed by atoms with Crippen LogP contribution in [0.25, 0.3) is 0 Å². The summed E-state index contributed by atoms with van der Waals surface area (Å²) in [4.78, 5) is 11.4. The van der Waals surface area contributed by atoms with E-state index in [-0.39, 0.29) is 18.4 Å². The molecule has 0 unspecified atom stereocenters. The Labute approximate surface area is 108 Å². The molecule has 17 heavy (non-hydrogen) atoms. The normalized spacial score (nSPS) is 9.29. The van der Waals surface area contributed by atoms with Crippen molar-refractivity contribution in [1.82, 2.24) is 5.32 Å². The van der Waals surface area contributed by atoms with Crippen LogP contribution in [0, 0.1) is 6.92 Å². The minimum Gasteiger partial charge on any atom is -0.338 e. The molecule has 0 fully saturated rings. The highest BCUT2D eigenvalue weighted by Crippen LogP contribution is 2.08. The minimum atomic E-state index is -0.164. The van der Waals surface area contributed by atoms with Gasteiger partial charge in [0.25, 0.3) is 0 Å². The lowest BCUT2D eigenvalue weighted by atomic mass is 10.2. The Balaban J connectivity index is 0.00000256. The van der Waals surface area contributed by atoms with Crippen molar-refractivity contribution in [2.75, 3.05) is 18.4 Å². The van der Waals surface area contributed by atoms with Crippen LogP contribution >= 0.6 is 12.4 Å². The highest BCUT2D eigenvalue weighted by atomic mass is 35.5. The number of halogens is 1. The number of nitrogens with one attached hydrogen (secondary N) is 2. The third-order valence-corrected chi connectivity index (χ3v) is 2.19. The van der Waals surface area contributed by atoms with E-state index in [1.165, 1.54) is 0 Å². The van der Waals surface area contributed by atoms with Crippen LogP contribution in [0.4, 0.5) is 10.5 Å². The van der Waals surface area contributed by atoms with Gasteiger partial charge in [-0.3, -0.25) is 0 Å². The number of anilines is 1. The van der Waals surface area contributed by atoms with Crippen LogP contribution in [0.15, 0.2) is 24.3 Å². The lowest BCUT2D eigenvalue weighted by Gasteiger charge is -2.07. The first kappa shape index (κ1) is 15.7. The summed E-state index contributed by atoms with van der Waals surface area (Å²) in [6.45, 7) is 3.32. The van der Waals surface area contributed by atoms with E-state index in [1.54, 1.807) is 0 Å². The van der Waals surface area contributed by atoms with Crippen LogP contribution in [0.1, 0.15) is 18.4 Å². The number of rotatable bonds is 5. The number of unbranched alkanes of at least 4 members (excludes halogenated alkanes) is 1. The van der Waals surface area contributed by atoms with Crippen LogP contribution in [0.3, 0.4) is 0 Å². The molecular formula is C12H20ClN3O. The average molecular weight is 258 g/mol. The third-order valence-electron chi connectivity index (χ3n) is 2.19. The van der Waals surface area contributed by atoms with E-state index in [0.29, 0.717) is 13.1 Å². The van der Waals surface area contributed by atoms with Crippen molar-refractivity contribution >= 4 is 24.1 Å². The molecule has 96 valence electrons. The second-order valence-corrected chi connectivity index (χ2v) is 3.75. The maximum Gasteiger partial charge on any atom is 0.319 e. The van der Waals surface area contributed by atoms with Gasteiger partial charge in [-0.2, -0.15) is 0 Å². The van der Waals surface area contributed by atoms with Crippen molar-refractivity contribution < 1.29 is 4.79 Å². The number of urea groups is 1. The molecule has 1 rings (SSSR count). The largest absolute Gasteiger partial charge is 0.338 e. The number of carbonyl (C=O) groups is 1. The number of aryl methyl sites for hydroxylation is 1. The molecule has 0 saturated carbocycles. The molecule has 2 amide bonds. The summed E-state index contributed by atoms with van der Waals surface area (Å²) >= 11 is 0. The summed E-state index contributed by atoms with van der Waals surface area (Å²) in [6, 6.07) is 7.54. The lowest BCUT2D eigenvalue weighted by Crippen LogP contribution is -2.29. The summed E-state index contributed by atoms with van der Waals surface area (Å²) in [5.74, 6) is 0. The van der Waals surface area contributed by atoms with E-state index < -0.39 is 0 Å². The number of nitrogens with two attached hydrogens (primary N) is 1. The lowest BCUT2D eigenvalue weighted by molar-refractivity contribution is 0.252. The van der Waals surface area contributed by atoms with Crippen LogP contribution in [-0.2, 0) is 0 Å². The fraction of sp³-hybridized carbons (Fsp3) is 0.417. The fourth-order valence-corrected chi connectivity index (χ4v) is 1.37. The van der Waals surface area contributed by atoms with Crippen LogP contribution in [-0.4, -0.2) is 19.1 Å². The second kappa shape index (κ2) is 8.84. The summed E-state index contributed by atoms with van der Waals surface area (Å²) in [5, 5.41) is 5.56. The molecule has 0 saturated heterocycles. The highest BCUT2D eigenvalue weighted by molar-refractivity contribution is 5.89. The van der Waals surface area contributed by atoms with Crippen LogP contribution < -0.4 is 16.4 Å². The summed E-state index contributed by atoms with van der Waals surface area (Å²) in [7, 11) is 0. The average Bonchev–Trinajstić information content (AvgIpc) is 2.24. The van der Waals surface area contributed by atoms with Gasteiger partial charge < -0.3 is 16.4 Å². The summed E-state index contributed by atoms with van der Waals surface area (Å²) in [6.07, 6.45) is 1.85. The van der Waals surface area contributed by atoms with E-state index >= 15 is 0 Å². The SMILES string of the molecule is Cc1cccc(NC(=O)NCCCCN)c1.Cl. The molecule has 0 aliphatic rings. The topological polar surface area (TPSA) is 67.2 Å². The Morgan fingerprint density at radius 2 is 2.12 bits per heavy atom. The van der Waals surface area contributed by atoms with Gasteiger partial charge in [0.05, 0.1) is 0 Å². The molecule has 0 aliphatic carbocycles. The molecule has 0 aliphatic heterocycles. The maximum absolute atomic E-state index is 11.4. The second-order valence-electron chi connectivity index (χ2n) is 3.75. The van der Waals surface area contributed by atoms with E-state index in [9.17, 15) is 4.79 Å². The molecule has 1 aromatic rings. The number of hydrogen-bond acceptors (Lipinski definition) is 2. The highest BCUT2D eigenvalue weighted by Gasteiger charge is 2.00. The Hall–Kier alpha value is -1.26. The summed E-state index contributed by atoms with van der Waals surface area (Å²) in [5.41, 5.74) is 7.30. The first-order chi connectivity index (χ1) is 7.72. The summed E-state index contributed by atoms with van der Waals surface area (Å²) < 4.78 is 0. The Bertz CT molecular complexity index is 344. The number of amides is 2. The van der Waals surface area contributed by atoms with Crippen molar-refractivity contribution in [1.29, 1.82) is 0 Å². The molecule has 5 heteroatoms. The standard InChI is InChI=1S/C12H19N3O.ClH/c1-10-5-4-6-11(9-10)15-12(16)14-8-3-2-7-13;/h4-6,9H,2-3,7-8,13H2,1H3,(H2,14,15,16);1H. The molecule has 0 spiro atoms. The molecule has 0 atom stereocenters. The van der Waals surface area contributed by atoms with Gasteiger partial charge in [0.2, 0.25) is 0 Å². The zero-order valence-electron chi connectivity index (χ0n) is 10.0. The van der Waals surface area contributed by atoms with Gasteiger partial charge in [0, 0.05) is 12.2 Å². The molecule has 4 N–H and O–H groups in total. The number of hydrogen-bond donors (Lipinski definition) is 3. The predicted molar refractivity (Wildman–Crippen MR) is 73.7 cm³/mol. The van der Waals surface area contributed by atoms with Gasteiger partial charge in [-0.05, 0) is 44.0 Å². The molecular weight excluding hydrogens is 238 g/mol. The zero-order valence-corrected chi connectivity index (χ0v) is 10.8. The maximum atomic E-state index is 11.4. The van der Waals surface area contributed by atoms with Crippen molar-refractivity contribution in [2.24, 2.45) is 5.73 Å². The van der Waals surface area contributed by atoms with E-state index in [4.69, 9.17) is 5.73 Å². The van der Waals surface area contributed by atoms with Crippen molar-refractivity contribution in [2.45, 2.75) is 19.8 Å². The van der Waals surface area contributed by atoms with Gasteiger partial charge in [-0.1, -0.05) is 12.1 Å². The third kappa shape index (κ3) is 6.81. The molecule has 0 heterocycles. The van der Waals surface area contributed by atoms with Crippen LogP contribution in [0.2, 0.25) is 0 Å². The zero-order chi connectivity index (χ0) is 11.8. The molecule has 0 radical (unpaired) electrons. The van der Waals surface area contributed by atoms with Gasteiger partial charge >= 0.3 is 6.03 Å². The van der Waals surface area contributed by atoms with E-state index in [1.807, 2.05) is 31.2 Å². The van der Waals surface area contributed by atoms with E-state index in [2.05, 4.69) is 10.6 Å². The molecule has 0 bridgehead atoms. The predicted octanol–water partition coefficient (Wildman–Crippen LogP) is 2.28. The van der Waals surface area contributed by atoms with Crippen molar-refractivity contribution in [3.63, 3.8) is 0 Å². The Morgan fingerprint density at radius 1 is 1.35 bits per heavy atom. The van der Waals surface area contributed by atoms with Gasteiger partial charge in [0.15, 0.2) is 0 Å². The van der Waals surface area contributed by atoms with Gasteiger partial charge in [0.1, 0.15) is 0 Å². The van der Waals surface area contributed by atoms with Crippen molar-refractivity contribution in [3.05, 3.63) is 29.8 Å². The fourth-order valence-electron chi connectivity index (χ4n) is 1.37. The first-order valence-electron chi connectivity index (χ1n) is 5.54. The molecule has 0 aromatic heterocycles. The minimum absolute atomic E-state index is 0. The first-order valence-corrected chi connectivity index (χ1v) is 5.54. The van der Waals surface area contributed by atoms with E-state index in [0.717, 1.165) is 24.1 Å². The molecule has 4 nitrogen and oxygen atoms in total. The molecule has 1 aromatic carbocycles. The van der Waals surface area contributed by atoms with Gasteiger partial charge in [-0.25, -0.2) is 4.79 Å². The Morgan fingerprint density at radius 3 is 2.76 bits per heavy atom. The smallest absolute Gasteiger partial charge is 0.319 e.